The molecule has 12 heteroatoms. The van der Waals surface area contributed by atoms with Gasteiger partial charge >= 0.3 is 431 Å². The van der Waals surface area contributed by atoms with E-state index >= 15 is 0 Å². The Balaban J connectivity index is 0.0000000907. The fourth-order valence-electron chi connectivity index (χ4n) is 17.0. The van der Waals surface area contributed by atoms with E-state index in [1.165, 1.54) is 237 Å². The second kappa shape index (κ2) is 22.6. The monoisotopic (exact) mass is 1750 g/mol. The van der Waals surface area contributed by atoms with E-state index in [0.717, 1.165) is 0 Å². The molecule has 492 valence electrons. The molecular weight excluding hydrogens is 1700 g/mol. The van der Waals surface area contributed by atoms with Gasteiger partial charge in [-0.05, 0) is 150 Å². The molecule has 0 aliphatic heterocycles. The van der Waals surface area contributed by atoms with Crippen LogP contribution in [0.1, 0.15) is 0 Å². The van der Waals surface area contributed by atoms with Gasteiger partial charge in [-0.15, -0.1) is 45.3 Å². The molecule has 0 aliphatic carbocycles. The zero-order valence-corrected chi connectivity index (χ0v) is 68.7. The summed E-state index contributed by atoms with van der Waals surface area (Å²) < 4.78 is 26.3. The summed E-state index contributed by atoms with van der Waals surface area (Å²) in [4.78, 5) is 4.67. The van der Waals surface area contributed by atoms with Crippen LogP contribution in [-0.2, 0) is 0 Å². The Bertz CT molecular complexity index is 7940. The molecule has 0 saturated carbocycles. The van der Waals surface area contributed by atoms with Crippen molar-refractivity contribution in [2.75, 3.05) is 0 Å². The van der Waals surface area contributed by atoms with Crippen LogP contribution in [0.25, 0.3) is 254 Å². The van der Waals surface area contributed by atoms with E-state index < -0.39 is 0 Å². The van der Waals surface area contributed by atoms with Crippen molar-refractivity contribution in [2.45, 2.75) is 0 Å². The molecule has 28 aromatic rings. The van der Waals surface area contributed by atoms with Gasteiger partial charge in [-0.3, -0.25) is 0 Å². The summed E-state index contributed by atoms with van der Waals surface area (Å²) >= 11 is 16.9. The zero-order chi connectivity index (χ0) is 68.5. The van der Waals surface area contributed by atoms with E-state index in [9.17, 15) is 0 Å². The van der Waals surface area contributed by atoms with Crippen LogP contribution in [0, 0.1) is 0 Å². The maximum absolute atomic E-state index is 2.48. The summed E-state index contributed by atoms with van der Waals surface area (Å²) in [6.07, 6.45) is 0. The standard InChI is InChI=1S/C34H16S4.C34H16S2Se2.C26H12S2Se2/c1-3-35-29-13-23-9-25-15-31-27(11-21(25)7-19(23)5-17(1)29)33-34(37-31)28-12-22-8-20-6-18-2-4-36-30(18)14-24(20)10-26(22)16-32(28)38-33;1-3-37-31-15-25-9-23-13-29-27(11-21(23)7-19(25)5-17(1)31)33-34(35-29)28-12-22-8-20-6-18-2-4-38-32(18)16-26(20)10-24(22)14-30(28)36-33;1-3-27-21-9-17-11-23-19(7-15(17)5-13(1)21)25-26(29-23)20-8-16-6-14-2-4-28-22(14)10-18(16)12-24(20)30-25/h2*1-16H;1-12H. The van der Waals surface area contributed by atoms with Crippen molar-refractivity contribution < 1.29 is 0 Å². The molecule has 0 atom stereocenters. The Morgan fingerprint density at radius 2 is 0.387 bits per heavy atom. The molecule has 12 heterocycles. The van der Waals surface area contributed by atoms with Gasteiger partial charge < -0.3 is 0 Å². The van der Waals surface area contributed by atoms with E-state index in [2.05, 4.69) is 262 Å². The number of benzene rings is 16. The van der Waals surface area contributed by atoms with Crippen LogP contribution in [0.4, 0.5) is 0 Å². The van der Waals surface area contributed by atoms with Crippen molar-refractivity contribution in [3.05, 3.63) is 262 Å². The summed E-state index contributed by atoms with van der Waals surface area (Å²) in [5, 5.41) is 52.7. The van der Waals surface area contributed by atoms with Crippen LogP contribution in [-0.4, -0.2) is 58.0 Å². The van der Waals surface area contributed by atoms with Crippen molar-refractivity contribution in [3.63, 3.8) is 0 Å². The van der Waals surface area contributed by atoms with Crippen LogP contribution >= 0.6 is 90.7 Å². The number of thiophene rings is 8. The van der Waals surface area contributed by atoms with Crippen LogP contribution < -0.4 is 0 Å². The first-order chi connectivity index (χ1) is 52.3. The van der Waals surface area contributed by atoms with Crippen molar-refractivity contribution in [2.24, 2.45) is 0 Å². The zero-order valence-electron chi connectivity index (χ0n) is 55.3. The minimum atomic E-state index is 0.413. The second-order valence-electron chi connectivity index (χ2n) is 28.4. The predicted octanol–water partition coefficient (Wildman–Crippen LogP) is 30.6. The molecule has 0 radical (unpaired) electrons. The maximum Gasteiger partial charge on any atom is 0.0542 e. The Morgan fingerprint density at radius 1 is 0.170 bits per heavy atom. The molecule has 0 N–H and O–H groups in total. The summed E-state index contributed by atoms with van der Waals surface area (Å²) in [5.74, 6) is 0. The molecular formula is C94H44S8Se4. The summed E-state index contributed by atoms with van der Waals surface area (Å²) in [6, 6.07) is 90.4. The minimum absolute atomic E-state index is 0.413. The Hall–Kier alpha value is -8.38. The third kappa shape index (κ3) is 9.29. The smallest absolute Gasteiger partial charge is 0.0542 e. The molecule has 0 spiro atoms. The molecule has 0 fully saturated rings. The normalized spacial score (nSPS) is 12.7. The third-order valence-corrected chi connectivity index (χ3v) is 40.1. The van der Waals surface area contributed by atoms with Crippen LogP contribution in [0.2, 0.25) is 0 Å². The fraction of sp³-hybridized carbons (Fsp3) is 0. The van der Waals surface area contributed by atoms with E-state index in [1.807, 2.05) is 90.7 Å². The Kier molecular flexibility index (Phi) is 12.9. The van der Waals surface area contributed by atoms with Gasteiger partial charge in [0.2, 0.25) is 0 Å². The van der Waals surface area contributed by atoms with Crippen molar-refractivity contribution in [1.29, 1.82) is 0 Å². The SMILES string of the molecule is c1cc2cc3cc4c(cc3cc2s1)[se]c1c2cc3cc5ccsc5cc3cc2[se]c41.c1cc2cc3cc4cc5c(cc4cc3cc2[se]1)sc1c2cc3cc4cc6cc[se]c6cc4cc3cc2sc51.c1cc2cc3cc4cc5c(cc4cc3cc2s1)sc1c2cc3cc4cc6ccsc6cc4cc3cc2sc51. The molecule has 0 aliphatic rings. The van der Waals surface area contributed by atoms with Gasteiger partial charge in [-0.25, -0.2) is 0 Å². The van der Waals surface area contributed by atoms with Crippen LogP contribution in [0.15, 0.2) is 262 Å². The van der Waals surface area contributed by atoms with Crippen LogP contribution in [0.3, 0.4) is 0 Å². The summed E-state index contributed by atoms with van der Waals surface area (Å²) in [6.45, 7) is 0. The van der Waals surface area contributed by atoms with Gasteiger partial charge in [0, 0.05) is 29.6 Å². The molecule has 16 aromatic carbocycles. The molecule has 28 rings (SSSR count). The third-order valence-electron chi connectivity index (χ3n) is 22.2. The van der Waals surface area contributed by atoms with E-state index in [-0.39, 0.29) is 0 Å². The van der Waals surface area contributed by atoms with Gasteiger partial charge in [-0.1, -0.05) is 0 Å². The van der Waals surface area contributed by atoms with Crippen LogP contribution in [0.5, 0.6) is 0 Å². The quantitative estimate of drug-likeness (QED) is 0.105. The number of hydrogen-bond acceptors (Lipinski definition) is 8. The second-order valence-corrected chi connectivity index (χ2v) is 44.8. The first kappa shape index (κ1) is 60.6. The molecule has 0 saturated heterocycles. The Morgan fingerprint density at radius 3 is 0.689 bits per heavy atom. The molecule has 12 aromatic heterocycles. The van der Waals surface area contributed by atoms with Crippen molar-refractivity contribution >= 4 is 403 Å². The predicted molar refractivity (Wildman–Crippen MR) is 488 cm³/mol. The first-order valence-corrected chi connectivity index (χ1v) is 48.9. The summed E-state index contributed by atoms with van der Waals surface area (Å²) in [5.41, 5.74) is 0. The summed E-state index contributed by atoms with van der Waals surface area (Å²) in [7, 11) is 0. The van der Waals surface area contributed by atoms with E-state index in [4.69, 9.17) is 0 Å². The largest absolute Gasteiger partial charge is 0.144 e. The van der Waals surface area contributed by atoms with E-state index in [1.54, 1.807) is 17.0 Å². The van der Waals surface area contributed by atoms with Gasteiger partial charge in [0.15, 0.2) is 0 Å². The minimum Gasteiger partial charge on any atom is -0.144 e. The van der Waals surface area contributed by atoms with Gasteiger partial charge in [0.05, 0.1) is 9.40 Å². The number of hydrogen-bond donors (Lipinski definition) is 0. The average molecular weight is 1750 g/mol. The maximum atomic E-state index is 2.48. The molecule has 0 amide bonds. The molecule has 0 bridgehead atoms. The Labute approximate surface area is 657 Å². The average Bonchev–Trinajstić information content (AvgIpc) is 1.58. The van der Waals surface area contributed by atoms with E-state index in [0.29, 0.717) is 58.0 Å². The van der Waals surface area contributed by atoms with Crippen molar-refractivity contribution in [3.8, 4) is 0 Å². The molecule has 0 unspecified atom stereocenters. The molecule has 106 heavy (non-hydrogen) atoms. The first-order valence-electron chi connectivity index (χ1n) is 35.0. The fourth-order valence-corrected chi connectivity index (χ4v) is 35.5. The number of fused-ring (bicyclic) bond motifs is 31. The van der Waals surface area contributed by atoms with Gasteiger partial charge in [0.1, 0.15) is 0 Å². The molecule has 0 nitrogen and oxygen atoms in total. The van der Waals surface area contributed by atoms with Gasteiger partial charge in [0.25, 0.3) is 0 Å². The number of rotatable bonds is 0. The topological polar surface area (TPSA) is 0 Å². The van der Waals surface area contributed by atoms with Crippen molar-refractivity contribution in [1.82, 2.24) is 0 Å². The van der Waals surface area contributed by atoms with Gasteiger partial charge in [-0.2, -0.15) is 0 Å².